The molecule has 1 aliphatic carbocycles. The second-order valence-corrected chi connectivity index (χ2v) is 11.9. The van der Waals surface area contributed by atoms with Crippen molar-refractivity contribution in [1.29, 1.82) is 0 Å². The minimum atomic E-state index is -1.08. The Morgan fingerprint density at radius 3 is 2.50 bits per heavy atom. The van der Waals surface area contributed by atoms with Gasteiger partial charge in [0.05, 0.1) is 42.8 Å². The molecule has 3 fully saturated rings. The van der Waals surface area contributed by atoms with E-state index in [-0.39, 0.29) is 47.1 Å². The maximum absolute atomic E-state index is 13.9. The van der Waals surface area contributed by atoms with E-state index in [1.165, 1.54) is 6.42 Å². The van der Waals surface area contributed by atoms with E-state index < -0.39 is 12.1 Å². The number of hydrogen-bond acceptors (Lipinski definition) is 6. The molecule has 9 heteroatoms. The fourth-order valence-electron chi connectivity index (χ4n) is 5.11. The van der Waals surface area contributed by atoms with E-state index in [9.17, 15) is 19.5 Å². The van der Waals surface area contributed by atoms with Crippen molar-refractivity contribution < 1.29 is 29.0 Å². The van der Waals surface area contributed by atoms with Gasteiger partial charge in [0.25, 0.3) is 5.91 Å². The van der Waals surface area contributed by atoms with Crippen LogP contribution in [0.5, 0.6) is 0 Å². The van der Waals surface area contributed by atoms with Gasteiger partial charge in [-0.15, -0.1) is 11.3 Å². The Balaban J connectivity index is 1.66. The molecule has 1 aromatic heterocycles. The van der Waals surface area contributed by atoms with Gasteiger partial charge in [-0.2, -0.15) is 0 Å². The van der Waals surface area contributed by atoms with E-state index in [0.717, 1.165) is 37.0 Å². The Kier molecular flexibility index (Phi) is 8.38. The number of hydrogen-bond donors (Lipinski definition) is 1. The van der Waals surface area contributed by atoms with Gasteiger partial charge in [-0.05, 0) is 45.6 Å². The zero-order chi connectivity index (χ0) is 25.9. The first-order valence-electron chi connectivity index (χ1n) is 12.8. The first kappa shape index (κ1) is 26.6. The molecule has 0 radical (unpaired) electrons. The van der Waals surface area contributed by atoms with Crippen LogP contribution in [0.25, 0.3) is 0 Å². The minimum Gasteiger partial charge on any atom is -0.477 e. The molecule has 2 atom stereocenters. The molecule has 0 bridgehead atoms. The van der Waals surface area contributed by atoms with Crippen molar-refractivity contribution in [1.82, 2.24) is 4.90 Å². The summed E-state index contributed by atoms with van der Waals surface area (Å²) in [7, 11) is 0. The summed E-state index contributed by atoms with van der Waals surface area (Å²) in [6.07, 6.45) is 4.28. The van der Waals surface area contributed by atoms with Crippen LogP contribution in [-0.4, -0.2) is 72.8 Å². The van der Waals surface area contributed by atoms with Crippen molar-refractivity contribution in [2.24, 2.45) is 11.3 Å². The third-order valence-corrected chi connectivity index (χ3v) is 7.99. The van der Waals surface area contributed by atoms with Gasteiger partial charge in [0, 0.05) is 18.5 Å². The number of carboxylic acid groups (broad SMARTS) is 1. The number of carbonyl (C=O) groups excluding carboxylic acids is 2. The molecule has 4 rings (SSSR count). The molecule has 2 aliphatic heterocycles. The number of aromatic carboxylic acids is 1. The van der Waals surface area contributed by atoms with Crippen LogP contribution in [0.4, 0.5) is 5.69 Å². The number of nitrogens with zero attached hydrogens (tertiary/aromatic N) is 2. The Morgan fingerprint density at radius 2 is 1.86 bits per heavy atom. The van der Waals surface area contributed by atoms with Crippen molar-refractivity contribution >= 4 is 34.8 Å². The number of anilines is 1. The molecule has 0 aromatic carbocycles. The number of morpholine rings is 2. The van der Waals surface area contributed by atoms with Gasteiger partial charge in [-0.3, -0.25) is 9.59 Å². The highest BCUT2D eigenvalue weighted by Gasteiger charge is 2.44. The third-order valence-electron chi connectivity index (χ3n) is 6.96. The lowest BCUT2D eigenvalue weighted by Crippen LogP contribution is -2.58. The average Bonchev–Trinajstić information content (AvgIpc) is 3.29. The molecule has 2 amide bonds. The van der Waals surface area contributed by atoms with Gasteiger partial charge < -0.3 is 24.4 Å². The van der Waals surface area contributed by atoms with Crippen LogP contribution in [0.1, 0.15) is 73.8 Å². The summed E-state index contributed by atoms with van der Waals surface area (Å²) in [5.74, 6) is 4.92. The van der Waals surface area contributed by atoms with Crippen molar-refractivity contribution in [3.05, 3.63) is 15.8 Å². The molecule has 2 unspecified atom stereocenters. The Hall–Kier alpha value is -2.41. The molecule has 8 nitrogen and oxygen atoms in total. The van der Waals surface area contributed by atoms with Crippen LogP contribution in [0.3, 0.4) is 0 Å². The molecular formula is C27H36N2O6S. The summed E-state index contributed by atoms with van der Waals surface area (Å²) in [4.78, 5) is 43.1. The number of thiophene rings is 1. The number of amides is 2. The summed E-state index contributed by atoms with van der Waals surface area (Å²) in [5, 5.41) is 10.0. The molecule has 2 saturated heterocycles. The smallest absolute Gasteiger partial charge is 0.348 e. The first-order chi connectivity index (χ1) is 17.1. The number of rotatable bonds is 5. The van der Waals surface area contributed by atoms with Crippen molar-refractivity contribution in [3.63, 3.8) is 0 Å². The van der Waals surface area contributed by atoms with Crippen LogP contribution in [0.15, 0.2) is 6.07 Å². The van der Waals surface area contributed by atoms with Crippen molar-refractivity contribution in [2.45, 2.75) is 71.4 Å². The normalized spacial score (nSPS) is 23.8. The standard InChI is InChI=1S/C27H36N2O6S/c1-27(2,3)10-9-19-15-20(24(36-19)26(32)33)29-21(18-7-5-4-6-8-18)17-35-22(25(29)31)16-23(30)28-11-13-34-14-12-28/h15,18,21-22H,4-8,11-14,16-17H2,1-3H3,(H,32,33). The fourth-order valence-corrected chi connectivity index (χ4v) is 5.95. The van der Waals surface area contributed by atoms with Crippen LogP contribution in [0.2, 0.25) is 0 Å². The fraction of sp³-hybridized carbons (Fsp3) is 0.667. The molecule has 1 saturated carbocycles. The molecule has 3 heterocycles. The van der Waals surface area contributed by atoms with E-state index in [1.807, 2.05) is 20.8 Å². The summed E-state index contributed by atoms with van der Waals surface area (Å²) in [6, 6.07) is 1.47. The predicted octanol–water partition coefficient (Wildman–Crippen LogP) is 3.77. The molecule has 0 spiro atoms. The number of carboxylic acids is 1. The monoisotopic (exact) mass is 516 g/mol. The lowest BCUT2D eigenvalue weighted by Gasteiger charge is -2.44. The quantitative estimate of drug-likeness (QED) is 0.599. The third kappa shape index (κ3) is 6.28. The van der Waals surface area contributed by atoms with Gasteiger partial charge >= 0.3 is 5.97 Å². The van der Waals surface area contributed by atoms with Crippen LogP contribution in [-0.2, 0) is 19.1 Å². The SMILES string of the molecule is CC(C)(C)C#Cc1cc(N2C(=O)C(CC(=O)N3CCOCC3)OCC2C2CCCCC2)c(C(=O)O)s1. The first-order valence-corrected chi connectivity index (χ1v) is 13.7. The summed E-state index contributed by atoms with van der Waals surface area (Å²) < 4.78 is 11.4. The average molecular weight is 517 g/mol. The topological polar surface area (TPSA) is 96.4 Å². The Bertz CT molecular complexity index is 1040. The molecule has 3 aliphatic rings. The van der Waals surface area contributed by atoms with Gasteiger partial charge in [-0.25, -0.2) is 4.79 Å². The van der Waals surface area contributed by atoms with Gasteiger partial charge in [0.1, 0.15) is 11.0 Å². The summed E-state index contributed by atoms with van der Waals surface area (Å²) in [5.41, 5.74) is 0.135. The zero-order valence-electron chi connectivity index (χ0n) is 21.4. The van der Waals surface area contributed by atoms with E-state index in [1.54, 1.807) is 15.9 Å². The van der Waals surface area contributed by atoms with Crippen molar-refractivity contribution in [2.75, 3.05) is 37.8 Å². The van der Waals surface area contributed by atoms with Gasteiger partial charge in [-0.1, -0.05) is 31.1 Å². The van der Waals surface area contributed by atoms with E-state index in [4.69, 9.17) is 9.47 Å². The molecule has 196 valence electrons. The van der Waals surface area contributed by atoms with E-state index in [2.05, 4.69) is 11.8 Å². The largest absolute Gasteiger partial charge is 0.477 e. The number of ether oxygens (including phenoxy) is 2. The number of carbonyl (C=O) groups is 3. The molecule has 36 heavy (non-hydrogen) atoms. The zero-order valence-corrected chi connectivity index (χ0v) is 22.2. The molecular weight excluding hydrogens is 480 g/mol. The highest BCUT2D eigenvalue weighted by Crippen LogP contribution is 2.39. The Labute approximate surface area is 216 Å². The highest BCUT2D eigenvalue weighted by molar-refractivity contribution is 7.15. The summed E-state index contributed by atoms with van der Waals surface area (Å²) >= 11 is 1.09. The maximum atomic E-state index is 13.9. The Morgan fingerprint density at radius 1 is 1.17 bits per heavy atom. The van der Waals surface area contributed by atoms with Gasteiger partial charge in [0.15, 0.2) is 0 Å². The van der Waals surface area contributed by atoms with E-state index >= 15 is 0 Å². The van der Waals surface area contributed by atoms with Crippen molar-refractivity contribution in [3.8, 4) is 11.8 Å². The van der Waals surface area contributed by atoms with Crippen LogP contribution < -0.4 is 4.90 Å². The lowest BCUT2D eigenvalue weighted by atomic mass is 9.82. The second kappa shape index (κ2) is 11.3. The van der Waals surface area contributed by atoms with Crippen LogP contribution in [0, 0.1) is 23.2 Å². The second-order valence-electron chi connectivity index (χ2n) is 10.8. The minimum absolute atomic E-state index is 0.0596. The maximum Gasteiger partial charge on any atom is 0.348 e. The highest BCUT2D eigenvalue weighted by atomic mass is 32.1. The molecule has 1 N–H and O–H groups in total. The lowest BCUT2D eigenvalue weighted by molar-refractivity contribution is -0.148. The van der Waals surface area contributed by atoms with Gasteiger partial charge in [0.2, 0.25) is 5.91 Å². The summed E-state index contributed by atoms with van der Waals surface area (Å²) in [6.45, 7) is 8.23. The predicted molar refractivity (Wildman–Crippen MR) is 137 cm³/mol. The molecule has 1 aromatic rings. The van der Waals surface area contributed by atoms with Crippen LogP contribution >= 0.6 is 11.3 Å². The van der Waals surface area contributed by atoms with E-state index in [0.29, 0.717) is 36.9 Å².